The van der Waals surface area contributed by atoms with E-state index in [9.17, 15) is 0 Å². The summed E-state index contributed by atoms with van der Waals surface area (Å²) in [5.41, 5.74) is 3.67. The van der Waals surface area contributed by atoms with Crippen LogP contribution in [0.3, 0.4) is 0 Å². The summed E-state index contributed by atoms with van der Waals surface area (Å²) in [5.74, 6) is 1.02. The van der Waals surface area contributed by atoms with Crippen LogP contribution in [0.25, 0.3) is 0 Å². The van der Waals surface area contributed by atoms with Gasteiger partial charge in [0.25, 0.3) is 0 Å². The lowest BCUT2D eigenvalue weighted by atomic mass is 10.2. The lowest BCUT2D eigenvalue weighted by Crippen LogP contribution is -2.15. The molecule has 110 valence electrons. The predicted octanol–water partition coefficient (Wildman–Crippen LogP) is 3.15. The number of hydrogen-bond acceptors (Lipinski definition) is 3. The molecule has 0 aliphatic rings. The molecule has 20 heavy (non-hydrogen) atoms. The lowest BCUT2D eigenvalue weighted by Gasteiger charge is -2.07. The zero-order valence-electron chi connectivity index (χ0n) is 12.8. The van der Waals surface area contributed by atoms with Crippen LogP contribution in [-0.4, -0.2) is 16.3 Å². The smallest absolute Gasteiger partial charge is 0.122 e. The van der Waals surface area contributed by atoms with E-state index in [1.165, 1.54) is 11.3 Å². The predicted molar refractivity (Wildman–Crippen MR) is 80.8 cm³/mol. The van der Waals surface area contributed by atoms with Gasteiger partial charge in [-0.1, -0.05) is 20.8 Å². The highest BCUT2D eigenvalue weighted by Gasteiger charge is 2.10. The Balaban J connectivity index is 2.09. The first-order chi connectivity index (χ1) is 9.78. The van der Waals surface area contributed by atoms with Gasteiger partial charge in [-0.15, -0.1) is 0 Å². The van der Waals surface area contributed by atoms with E-state index in [0.29, 0.717) is 0 Å². The Labute approximate surface area is 121 Å². The summed E-state index contributed by atoms with van der Waals surface area (Å²) >= 11 is 0. The van der Waals surface area contributed by atoms with Gasteiger partial charge in [0.05, 0.1) is 25.0 Å². The van der Waals surface area contributed by atoms with Crippen molar-refractivity contribution < 1.29 is 4.42 Å². The third-order valence-electron chi connectivity index (χ3n) is 3.51. The van der Waals surface area contributed by atoms with Gasteiger partial charge in [0.1, 0.15) is 5.76 Å². The van der Waals surface area contributed by atoms with E-state index in [4.69, 9.17) is 4.42 Å². The third-order valence-corrected chi connectivity index (χ3v) is 3.51. The van der Waals surface area contributed by atoms with Gasteiger partial charge in [-0.25, -0.2) is 0 Å². The molecule has 2 rings (SSSR count). The summed E-state index contributed by atoms with van der Waals surface area (Å²) in [6, 6.07) is 4.25. The maximum Gasteiger partial charge on any atom is 0.122 e. The van der Waals surface area contributed by atoms with E-state index in [2.05, 4.69) is 48.0 Å². The molecule has 0 fully saturated rings. The Hall–Kier alpha value is -1.55. The van der Waals surface area contributed by atoms with Crippen LogP contribution >= 0.6 is 0 Å². The van der Waals surface area contributed by atoms with E-state index < -0.39 is 0 Å². The molecule has 0 aliphatic carbocycles. The van der Waals surface area contributed by atoms with Crippen LogP contribution in [0.5, 0.6) is 0 Å². The SMILES string of the molecule is CCCNCc1occc1Cn1nc(CC)cc1CC. The zero-order valence-corrected chi connectivity index (χ0v) is 12.8. The van der Waals surface area contributed by atoms with Gasteiger partial charge in [0.2, 0.25) is 0 Å². The molecule has 2 aromatic rings. The number of rotatable bonds is 8. The minimum Gasteiger partial charge on any atom is -0.468 e. The molecule has 1 N–H and O–H groups in total. The normalized spacial score (nSPS) is 11.2. The van der Waals surface area contributed by atoms with Crippen molar-refractivity contribution >= 4 is 0 Å². The molecule has 2 heterocycles. The number of hydrogen-bond donors (Lipinski definition) is 1. The van der Waals surface area contributed by atoms with Crippen molar-refractivity contribution in [2.75, 3.05) is 6.54 Å². The Morgan fingerprint density at radius 2 is 2.10 bits per heavy atom. The van der Waals surface area contributed by atoms with Crippen LogP contribution in [0.2, 0.25) is 0 Å². The number of furan rings is 1. The molecule has 4 nitrogen and oxygen atoms in total. The Morgan fingerprint density at radius 1 is 1.25 bits per heavy atom. The second kappa shape index (κ2) is 7.29. The average molecular weight is 275 g/mol. The number of nitrogens with zero attached hydrogens (tertiary/aromatic N) is 2. The van der Waals surface area contributed by atoms with Crippen LogP contribution in [0.1, 0.15) is 49.9 Å². The molecule has 0 aromatic carbocycles. The van der Waals surface area contributed by atoms with Crippen molar-refractivity contribution in [1.82, 2.24) is 15.1 Å². The summed E-state index contributed by atoms with van der Waals surface area (Å²) in [4.78, 5) is 0. The molecule has 0 atom stereocenters. The highest BCUT2D eigenvalue weighted by Crippen LogP contribution is 2.15. The van der Waals surface area contributed by atoms with Crippen LogP contribution in [0.15, 0.2) is 22.8 Å². The Morgan fingerprint density at radius 3 is 2.80 bits per heavy atom. The largest absolute Gasteiger partial charge is 0.468 e. The Kier molecular flexibility index (Phi) is 5.41. The fraction of sp³-hybridized carbons (Fsp3) is 0.562. The van der Waals surface area contributed by atoms with Crippen molar-refractivity contribution in [3.05, 3.63) is 41.1 Å². The number of aromatic nitrogens is 2. The van der Waals surface area contributed by atoms with E-state index >= 15 is 0 Å². The molecule has 0 saturated heterocycles. The summed E-state index contributed by atoms with van der Waals surface area (Å²) in [6.07, 6.45) is 4.90. The number of aryl methyl sites for hydroxylation is 2. The third kappa shape index (κ3) is 3.51. The maximum absolute atomic E-state index is 5.59. The van der Waals surface area contributed by atoms with Crippen LogP contribution in [0, 0.1) is 0 Å². The summed E-state index contributed by atoms with van der Waals surface area (Å²) in [5, 5.41) is 8.05. The van der Waals surface area contributed by atoms with E-state index in [-0.39, 0.29) is 0 Å². The molecular weight excluding hydrogens is 250 g/mol. The van der Waals surface area contributed by atoms with Gasteiger partial charge in [-0.05, 0) is 37.9 Å². The lowest BCUT2D eigenvalue weighted by molar-refractivity contribution is 0.474. The van der Waals surface area contributed by atoms with Crippen molar-refractivity contribution in [2.24, 2.45) is 0 Å². The Bertz CT molecular complexity index is 528. The molecule has 4 heteroatoms. The number of nitrogens with one attached hydrogen (secondary N) is 1. The molecule has 2 aromatic heterocycles. The molecule has 0 bridgehead atoms. The minimum atomic E-state index is 0.791. The maximum atomic E-state index is 5.59. The molecule has 0 amide bonds. The second-order valence-corrected chi connectivity index (χ2v) is 5.04. The summed E-state index contributed by atoms with van der Waals surface area (Å²) in [6.45, 7) is 9.08. The highest BCUT2D eigenvalue weighted by atomic mass is 16.3. The first kappa shape index (κ1) is 14.9. The van der Waals surface area contributed by atoms with Crippen molar-refractivity contribution in [3.8, 4) is 0 Å². The van der Waals surface area contributed by atoms with E-state index in [1.54, 1.807) is 6.26 Å². The quantitative estimate of drug-likeness (QED) is 0.753. The first-order valence-electron chi connectivity index (χ1n) is 7.60. The van der Waals surface area contributed by atoms with Gasteiger partial charge >= 0.3 is 0 Å². The minimum absolute atomic E-state index is 0.791. The van der Waals surface area contributed by atoms with Crippen molar-refractivity contribution in [3.63, 3.8) is 0 Å². The topological polar surface area (TPSA) is 43.0 Å². The molecule has 0 aliphatic heterocycles. The monoisotopic (exact) mass is 275 g/mol. The highest BCUT2D eigenvalue weighted by molar-refractivity contribution is 5.19. The summed E-state index contributed by atoms with van der Waals surface area (Å²) < 4.78 is 7.69. The average Bonchev–Trinajstić information content (AvgIpc) is 3.06. The molecule has 0 spiro atoms. The molecule has 0 radical (unpaired) electrons. The van der Waals surface area contributed by atoms with Crippen LogP contribution in [-0.2, 0) is 25.9 Å². The fourth-order valence-corrected chi connectivity index (χ4v) is 2.31. The van der Waals surface area contributed by atoms with Gasteiger partial charge < -0.3 is 9.73 Å². The van der Waals surface area contributed by atoms with E-state index in [1.807, 2.05) is 0 Å². The standard InChI is InChI=1S/C16H25N3O/c1-4-8-17-11-16-13(7-9-20-16)12-19-15(6-3)10-14(5-2)18-19/h7,9-10,17H,4-6,8,11-12H2,1-3H3. The van der Waals surface area contributed by atoms with Crippen LogP contribution < -0.4 is 5.32 Å². The fourth-order valence-electron chi connectivity index (χ4n) is 2.31. The van der Waals surface area contributed by atoms with Gasteiger partial charge in [0, 0.05) is 11.3 Å². The van der Waals surface area contributed by atoms with Crippen molar-refractivity contribution in [2.45, 2.75) is 53.1 Å². The van der Waals surface area contributed by atoms with Crippen molar-refractivity contribution in [1.29, 1.82) is 0 Å². The van der Waals surface area contributed by atoms with E-state index in [0.717, 1.165) is 50.4 Å². The molecule has 0 unspecified atom stereocenters. The van der Waals surface area contributed by atoms with Gasteiger partial charge in [-0.3, -0.25) is 4.68 Å². The zero-order chi connectivity index (χ0) is 14.4. The first-order valence-corrected chi connectivity index (χ1v) is 7.60. The van der Waals surface area contributed by atoms with Gasteiger partial charge in [-0.2, -0.15) is 5.10 Å². The second-order valence-electron chi connectivity index (χ2n) is 5.04. The van der Waals surface area contributed by atoms with Gasteiger partial charge in [0.15, 0.2) is 0 Å². The summed E-state index contributed by atoms with van der Waals surface area (Å²) in [7, 11) is 0. The van der Waals surface area contributed by atoms with Crippen LogP contribution in [0.4, 0.5) is 0 Å². The molecular formula is C16H25N3O. The molecule has 0 saturated carbocycles.